The van der Waals surface area contributed by atoms with Crippen LogP contribution in [-0.4, -0.2) is 4.40 Å². The van der Waals surface area contributed by atoms with Crippen molar-refractivity contribution >= 4 is 72.2 Å². The molecule has 0 radical (unpaired) electrons. The molecule has 0 fully saturated rings. The number of hydrogen-bond donors (Lipinski definition) is 0. The quantitative estimate of drug-likeness (QED) is 0.165. The van der Waals surface area contributed by atoms with Crippen LogP contribution in [-0.2, 0) is 12.8 Å². The molecule has 0 saturated heterocycles. The largest absolute Gasteiger partial charge is 0.310 e. The first-order valence-corrected chi connectivity index (χ1v) is 17.3. The van der Waals surface area contributed by atoms with Gasteiger partial charge in [-0.1, -0.05) is 105 Å². The predicted octanol–water partition coefficient (Wildman–Crippen LogP) is 12.9. The Kier molecular flexibility index (Phi) is 7.05. The van der Waals surface area contributed by atoms with Crippen molar-refractivity contribution in [2.45, 2.75) is 26.7 Å². The molecule has 9 rings (SSSR count). The summed E-state index contributed by atoms with van der Waals surface area (Å²) in [5, 5.41) is 5.03. The summed E-state index contributed by atoms with van der Waals surface area (Å²) in [6.07, 6.45) is 2.04. The van der Waals surface area contributed by atoms with E-state index in [1.807, 2.05) is 0 Å². The van der Waals surface area contributed by atoms with Gasteiger partial charge in [0.1, 0.15) is 0 Å². The molecular weight excluding hydrogens is 595 g/mol. The standard InChI is InChI=1S/C46H37N3/c1-3-32-24-28-36(29-25-32)47(34-14-7-5-8-15-34)40-20-12-22-42-44(40)38-18-11-19-39-45-41(21-13-23-43(45)49(42)46(38)39)48(35-16-9-6-10-17-35)37-30-26-33(4-2)27-31-37/h5-31H,3-4H2,1-2H3. The molecule has 49 heavy (non-hydrogen) atoms. The van der Waals surface area contributed by atoms with Crippen molar-refractivity contribution in [1.29, 1.82) is 0 Å². The van der Waals surface area contributed by atoms with Crippen molar-refractivity contribution in [3.05, 3.63) is 175 Å². The number of nitrogens with zero attached hydrogens (tertiary/aromatic N) is 3. The number of fused-ring (bicyclic) bond motifs is 6. The Morgan fingerprint density at radius 2 is 0.776 bits per heavy atom. The van der Waals surface area contributed by atoms with Crippen LogP contribution in [0.1, 0.15) is 25.0 Å². The topological polar surface area (TPSA) is 10.9 Å². The zero-order valence-corrected chi connectivity index (χ0v) is 27.8. The van der Waals surface area contributed by atoms with E-state index in [1.165, 1.54) is 60.6 Å². The average molecular weight is 632 g/mol. The maximum atomic E-state index is 2.50. The van der Waals surface area contributed by atoms with E-state index in [0.717, 1.165) is 35.6 Å². The summed E-state index contributed by atoms with van der Waals surface area (Å²) in [5.41, 5.74) is 13.3. The maximum absolute atomic E-state index is 2.50. The van der Waals surface area contributed by atoms with E-state index in [1.54, 1.807) is 0 Å². The minimum Gasteiger partial charge on any atom is -0.310 e. The molecule has 0 aliphatic rings. The van der Waals surface area contributed by atoms with Crippen LogP contribution >= 0.6 is 0 Å². The normalized spacial score (nSPS) is 11.6. The van der Waals surface area contributed by atoms with Crippen LogP contribution < -0.4 is 9.80 Å². The van der Waals surface area contributed by atoms with Gasteiger partial charge in [0.15, 0.2) is 0 Å². The van der Waals surface area contributed by atoms with E-state index < -0.39 is 0 Å². The van der Waals surface area contributed by atoms with Crippen molar-refractivity contribution in [3.8, 4) is 0 Å². The van der Waals surface area contributed by atoms with Crippen molar-refractivity contribution in [3.63, 3.8) is 0 Å². The van der Waals surface area contributed by atoms with Crippen LogP contribution in [0, 0.1) is 0 Å². The first kappa shape index (κ1) is 29.1. The Balaban J connectivity index is 1.33. The molecule has 0 aliphatic heterocycles. The highest BCUT2D eigenvalue weighted by atomic mass is 15.2. The summed E-state index contributed by atoms with van der Waals surface area (Å²) in [6, 6.07) is 59.9. The second-order valence-electron chi connectivity index (χ2n) is 12.8. The molecule has 0 atom stereocenters. The molecule has 0 bridgehead atoms. The third kappa shape index (κ3) is 4.65. The van der Waals surface area contributed by atoms with Gasteiger partial charge in [-0.15, -0.1) is 0 Å². The number of aromatic nitrogens is 1. The number of aryl methyl sites for hydroxylation is 2. The lowest BCUT2D eigenvalue weighted by Crippen LogP contribution is -2.10. The lowest BCUT2D eigenvalue weighted by atomic mass is 10.0. The molecule has 9 aromatic rings. The SMILES string of the molecule is CCc1ccc(N(c2ccccc2)c2cccc3c2c2cccc4c5c(N(c6ccccc6)c6ccc(CC)cc6)cccc5n3c24)cc1. The highest BCUT2D eigenvalue weighted by Gasteiger charge is 2.25. The first-order chi connectivity index (χ1) is 24.2. The van der Waals surface area contributed by atoms with Gasteiger partial charge in [0, 0.05) is 44.3 Å². The molecule has 7 aromatic carbocycles. The third-order valence-corrected chi connectivity index (χ3v) is 10.0. The van der Waals surface area contributed by atoms with Gasteiger partial charge in [-0.3, -0.25) is 0 Å². The lowest BCUT2D eigenvalue weighted by molar-refractivity contribution is 1.14. The Labute approximate surface area is 287 Å². The molecule has 2 heterocycles. The van der Waals surface area contributed by atoms with Gasteiger partial charge in [0.25, 0.3) is 0 Å². The Hall–Kier alpha value is -6.06. The van der Waals surface area contributed by atoms with Gasteiger partial charge >= 0.3 is 0 Å². The van der Waals surface area contributed by atoms with Crippen LogP contribution in [0.2, 0.25) is 0 Å². The van der Waals surface area contributed by atoms with Gasteiger partial charge in [-0.05, 0) is 96.8 Å². The second kappa shape index (κ2) is 11.9. The summed E-state index contributed by atoms with van der Waals surface area (Å²) in [5.74, 6) is 0. The van der Waals surface area contributed by atoms with E-state index in [0.29, 0.717) is 0 Å². The van der Waals surface area contributed by atoms with E-state index in [2.05, 4.69) is 192 Å². The summed E-state index contributed by atoms with van der Waals surface area (Å²) in [6.45, 7) is 4.42. The van der Waals surface area contributed by atoms with E-state index >= 15 is 0 Å². The van der Waals surface area contributed by atoms with Crippen molar-refractivity contribution in [2.75, 3.05) is 9.80 Å². The van der Waals surface area contributed by atoms with Crippen LogP contribution in [0.25, 0.3) is 38.1 Å². The molecule has 3 heteroatoms. The monoisotopic (exact) mass is 631 g/mol. The Bertz CT molecular complexity index is 2370. The van der Waals surface area contributed by atoms with Gasteiger partial charge in [0.2, 0.25) is 0 Å². The van der Waals surface area contributed by atoms with Crippen molar-refractivity contribution < 1.29 is 0 Å². The predicted molar refractivity (Wildman–Crippen MR) is 209 cm³/mol. The molecule has 0 unspecified atom stereocenters. The molecule has 0 saturated carbocycles. The summed E-state index contributed by atoms with van der Waals surface area (Å²) < 4.78 is 2.50. The second-order valence-corrected chi connectivity index (χ2v) is 12.8. The van der Waals surface area contributed by atoms with Crippen molar-refractivity contribution in [1.82, 2.24) is 4.40 Å². The number of para-hydroxylation sites is 3. The highest BCUT2D eigenvalue weighted by molar-refractivity contribution is 6.28. The molecule has 0 aliphatic carbocycles. The number of hydrogen-bond acceptors (Lipinski definition) is 2. The smallest absolute Gasteiger partial charge is 0.0622 e. The maximum Gasteiger partial charge on any atom is 0.0622 e. The van der Waals surface area contributed by atoms with Gasteiger partial charge in [-0.2, -0.15) is 0 Å². The van der Waals surface area contributed by atoms with Gasteiger partial charge in [0.05, 0.1) is 27.9 Å². The molecule has 0 N–H and O–H groups in total. The number of anilines is 6. The molecule has 236 valence electrons. The van der Waals surface area contributed by atoms with Crippen LogP contribution in [0.15, 0.2) is 164 Å². The van der Waals surface area contributed by atoms with Crippen LogP contribution in [0.4, 0.5) is 34.1 Å². The minimum absolute atomic E-state index is 1.02. The third-order valence-electron chi connectivity index (χ3n) is 10.0. The Morgan fingerprint density at radius 3 is 1.18 bits per heavy atom. The number of rotatable bonds is 8. The van der Waals surface area contributed by atoms with E-state index in [9.17, 15) is 0 Å². The fourth-order valence-electron chi connectivity index (χ4n) is 7.68. The molecule has 0 amide bonds. The molecular formula is C46H37N3. The summed E-state index contributed by atoms with van der Waals surface area (Å²) in [7, 11) is 0. The van der Waals surface area contributed by atoms with E-state index in [-0.39, 0.29) is 0 Å². The fourth-order valence-corrected chi connectivity index (χ4v) is 7.68. The summed E-state index contributed by atoms with van der Waals surface area (Å²) in [4.78, 5) is 4.82. The zero-order chi connectivity index (χ0) is 32.9. The van der Waals surface area contributed by atoms with Crippen molar-refractivity contribution in [2.24, 2.45) is 0 Å². The lowest BCUT2D eigenvalue weighted by Gasteiger charge is -2.27. The van der Waals surface area contributed by atoms with Crippen LogP contribution in [0.5, 0.6) is 0 Å². The van der Waals surface area contributed by atoms with Gasteiger partial charge in [-0.25, -0.2) is 0 Å². The fraction of sp³-hybridized carbons (Fsp3) is 0.0870. The minimum atomic E-state index is 1.02. The highest BCUT2D eigenvalue weighted by Crippen LogP contribution is 2.49. The molecule has 3 nitrogen and oxygen atoms in total. The average Bonchev–Trinajstić information content (AvgIpc) is 3.70. The zero-order valence-electron chi connectivity index (χ0n) is 27.8. The number of benzene rings is 7. The summed E-state index contributed by atoms with van der Waals surface area (Å²) >= 11 is 0. The Morgan fingerprint density at radius 1 is 0.388 bits per heavy atom. The molecule has 0 spiro atoms. The van der Waals surface area contributed by atoms with E-state index in [4.69, 9.17) is 0 Å². The van der Waals surface area contributed by atoms with Crippen LogP contribution in [0.3, 0.4) is 0 Å². The van der Waals surface area contributed by atoms with Gasteiger partial charge < -0.3 is 14.2 Å². The first-order valence-electron chi connectivity index (χ1n) is 17.3. The molecule has 2 aromatic heterocycles.